The summed E-state index contributed by atoms with van der Waals surface area (Å²) in [4.78, 5) is 28.9. The number of carbonyl (C=O) groups excluding carboxylic acids is 1. The molecule has 0 fully saturated rings. The summed E-state index contributed by atoms with van der Waals surface area (Å²) >= 11 is 0. The van der Waals surface area contributed by atoms with Gasteiger partial charge in [0.2, 0.25) is 0 Å². The van der Waals surface area contributed by atoms with Gasteiger partial charge in [-0.1, -0.05) is 30.3 Å². The molecule has 3 heterocycles. The maximum atomic E-state index is 14.8. The Labute approximate surface area is 220 Å². The number of nitrogens with zero attached hydrogens (tertiary/aromatic N) is 3. The van der Waals surface area contributed by atoms with Crippen molar-refractivity contribution < 1.29 is 27.1 Å². The number of amides is 1. The molecule has 200 valence electrons. The summed E-state index contributed by atoms with van der Waals surface area (Å²) in [6.45, 7) is 0.285. The average molecular weight is 552 g/mol. The van der Waals surface area contributed by atoms with Crippen LogP contribution in [-0.4, -0.2) is 32.8 Å². The third kappa shape index (κ3) is 6.38. The van der Waals surface area contributed by atoms with Gasteiger partial charge in [0.15, 0.2) is 17.3 Å². The molecule has 0 aliphatic heterocycles. The molecule has 0 spiro atoms. The molecular formula is C25H22ClF4N5O3. The number of nitrogens with one attached hydrogen (secondary N) is 2. The van der Waals surface area contributed by atoms with E-state index in [1.807, 2.05) is 0 Å². The highest BCUT2D eigenvalue weighted by molar-refractivity contribution is 5.95. The van der Waals surface area contributed by atoms with E-state index in [0.717, 1.165) is 11.8 Å². The highest BCUT2D eigenvalue weighted by atomic mass is 35.5. The van der Waals surface area contributed by atoms with E-state index in [4.69, 9.17) is 4.74 Å². The lowest BCUT2D eigenvalue weighted by atomic mass is 9.99. The SMILES string of the molecule is COc1ccnc(CC(NC(=O)c2c[nH]nc2C(F)(F)F)c2ccc(Cn3ccccc3=O)cc2)c1F.Cl. The minimum atomic E-state index is -4.85. The van der Waals surface area contributed by atoms with E-state index in [1.54, 1.807) is 42.6 Å². The first-order chi connectivity index (χ1) is 17.7. The van der Waals surface area contributed by atoms with Crippen molar-refractivity contribution in [2.24, 2.45) is 0 Å². The van der Waals surface area contributed by atoms with E-state index in [1.165, 1.54) is 30.0 Å². The second kappa shape index (κ2) is 11.9. The second-order valence-corrected chi connectivity index (χ2v) is 8.06. The topological polar surface area (TPSA) is 102 Å². The van der Waals surface area contributed by atoms with Crippen molar-refractivity contribution >= 4 is 18.3 Å². The summed E-state index contributed by atoms with van der Waals surface area (Å²) in [5.41, 5.74) is -1.04. The lowest BCUT2D eigenvalue weighted by Gasteiger charge is -2.20. The fourth-order valence-corrected chi connectivity index (χ4v) is 3.77. The number of H-pyrrole nitrogens is 1. The van der Waals surface area contributed by atoms with Crippen molar-refractivity contribution in [1.29, 1.82) is 0 Å². The average Bonchev–Trinajstić information content (AvgIpc) is 3.38. The van der Waals surface area contributed by atoms with Gasteiger partial charge >= 0.3 is 6.18 Å². The highest BCUT2D eigenvalue weighted by Crippen LogP contribution is 2.31. The molecule has 13 heteroatoms. The first-order valence-corrected chi connectivity index (χ1v) is 11.0. The summed E-state index contributed by atoms with van der Waals surface area (Å²) in [6.07, 6.45) is -1.21. The smallest absolute Gasteiger partial charge is 0.435 e. The number of alkyl halides is 3. The quantitative estimate of drug-likeness (QED) is 0.318. The molecule has 4 rings (SSSR count). The van der Waals surface area contributed by atoms with Gasteiger partial charge in [-0.05, 0) is 17.2 Å². The molecule has 0 aliphatic rings. The molecule has 0 saturated heterocycles. The van der Waals surface area contributed by atoms with Crippen LogP contribution in [0.25, 0.3) is 0 Å². The third-order valence-electron chi connectivity index (χ3n) is 5.64. The first-order valence-electron chi connectivity index (χ1n) is 11.0. The van der Waals surface area contributed by atoms with Crippen LogP contribution in [-0.2, 0) is 19.1 Å². The van der Waals surface area contributed by atoms with Crippen LogP contribution in [0.1, 0.15) is 38.9 Å². The van der Waals surface area contributed by atoms with Crippen LogP contribution < -0.4 is 15.6 Å². The predicted molar refractivity (Wildman–Crippen MR) is 132 cm³/mol. The van der Waals surface area contributed by atoms with Crippen LogP contribution >= 0.6 is 12.4 Å². The van der Waals surface area contributed by atoms with Gasteiger partial charge < -0.3 is 14.6 Å². The minimum absolute atomic E-state index is 0. The van der Waals surface area contributed by atoms with Gasteiger partial charge in [-0.3, -0.25) is 19.7 Å². The lowest BCUT2D eigenvalue weighted by Crippen LogP contribution is -2.31. The molecule has 2 N–H and O–H groups in total. The zero-order valence-corrected chi connectivity index (χ0v) is 20.6. The summed E-state index contributed by atoms with van der Waals surface area (Å²) < 4.78 is 61.1. The van der Waals surface area contributed by atoms with E-state index in [-0.39, 0.29) is 42.4 Å². The van der Waals surface area contributed by atoms with Crippen LogP contribution in [0.5, 0.6) is 5.75 Å². The van der Waals surface area contributed by atoms with Crippen molar-refractivity contribution in [2.75, 3.05) is 7.11 Å². The number of hydrogen-bond acceptors (Lipinski definition) is 5. The van der Waals surface area contributed by atoms with Crippen LogP contribution in [0.15, 0.2) is 71.9 Å². The third-order valence-corrected chi connectivity index (χ3v) is 5.64. The van der Waals surface area contributed by atoms with Crippen LogP contribution in [0.4, 0.5) is 17.6 Å². The number of benzene rings is 1. The Bertz CT molecular complexity index is 1450. The maximum absolute atomic E-state index is 14.8. The van der Waals surface area contributed by atoms with Crippen molar-refractivity contribution in [3.8, 4) is 5.75 Å². The molecule has 1 unspecified atom stereocenters. The summed E-state index contributed by atoms with van der Waals surface area (Å²) in [5, 5.41) is 7.74. The number of aromatic nitrogens is 4. The molecule has 4 aromatic rings. The summed E-state index contributed by atoms with van der Waals surface area (Å²) in [5.74, 6) is -1.86. The molecule has 38 heavy (non-hydrogen) atoms. The number of ether oxygens (including phenoxy) is 1. The Balaban J connectivity index is 0.00000400. The Morgan fingerprint density at radius 2 is 1.89 bits per heavy atom. The van der Waals surface area contributed by atoms with Gasteiger partial charge in [-0.25, -0.2) is 4.39 Å². The number of aromatic amines is 1. The molecule has 3 aromatic heterocycles. The molecule has 0 radical (unpaired) electrons. The van der Waals surface area contributed by atoms with Gasteiger partial charge in [0.05, 0.1) is 31.0 Å². The fourth-order valence-electron chi connectivity index (χ4n) is 3.77. The molecule has 8 nitrogen and oxygen atoms in total. The number of methoxy groups -OCH3 is 1. The number of carbonyl (C=O) groups is 1. The van der Waals surface area contributed by atoms with Crippen molar-refractivity contribution in [3.63, 3.8) is 0 Å². The molecule has 0 aliphatic carbocycles. The molecule has 1 aromatic carbocycles. The van der Waals surface area contributed by atoms with Gasteiger partial charge in [0, 0.05) is 37.1 Å². The van der Waals surface area contributed by atoms with Gasteiger partial charge in [-0.15, -0.1) is 12.4 Å². The standard InChI is InChI=1S/C25H21F4N5O3.ClH/c1-37-20-9-10-30-19(22(20)26)12-18(32-24(36)17-13-31-33-23(17)25(27,28)29)16-7-5-15(6-8-16)14-34-11-3-2-4-21(34)35;/h2-11,13,18H,12,14H2,1H3,(H,31,33)(H,32,36);1H. The summed E-state index contributed by atoms with van der Waals surface area (Å²) in [7, 11) is 1.29. The molecular weight excluding hydrogens is 530 g/mol. The minimum Gasteiger partial charge on any atom is -0.494 e. The van der Waals surface area contributed by atoms with Crippen LogP contribution in [0.2, 0.25) is 0 Å². The predicted octanol–water partition coefficient (Wildman–Crippen LogP) is 4.32. The van der Waals surface area contributed by atoms with Gasteiger partial charge in [0.25, 0.3) is 11.5 Å². The van der Waals surface area contributed by atoms with Gasteiger partial charge in [0.1, 0.15) is 0 Å². The zero-order chi connectivity index (χ0) is 26.6. The normalized spacial score (nSPS) is 11.9. The molecule has 0 bridgehead atoms. The van der Waals surface area contributed by atoms with E-state index in [2.05, 4.69) is 20.5 Å². The Kier molecular flexibility index (Phi) is 8.89. The van der Waals surface area contributed by atoms with Crippen LogP contribution in [0, 0.1) is 5.82 Å². The van der Waals surface area contributed by atoms with E-state index < -0.39 is 35.2 Å². The highest BCUT2D eigenvalue weighted by Gasteiger charge is 2.38. The Hall–Kier alpha value is -4.19. The Morgan fingerprint density at radius 3 is 2.55 bits per heavy atom. The fraction of sp³-hybridized carbons (Fsp3) is 0.200. The van der Waals surface area contributed by atoms with E-state index >= 15 is 0 Å². The van der Waals surface area contributed by atoms with Crippen molar-refractivity contribution in [1.82, 2.24) is 25.1 Å². The lowest BCUT2D eigenvalue weighted by molar-refractivity contribution is -0.141. The maximum Gasteiger partial charge on any atom is 0.435 e. The molecule has 0 saturated carbocycles. The number of halogens is 5. The van der Waals surface area contributed by atoms with Gasteiger partial charge in [-0.2, -0.15) is 18.3 Å². The monoisotopic (exact) mass is 551 g/mol. The first kappa shape index (κ1) is 28.4. The number of rotatable bonds is 8. The number of pyridine rings is 2. The molecule has 1 atom stereocenters. The zero-order valence-electron chi connectivity index (χ0n) is 19.8. The largest absolute Gasteiger partial charge is 0.494 e. The Morgan fingerprint density at radius 1 is 1.16 bits per heavy atom. The van der Waals surface area contributed by atoms with Crippen molar-refractivity contribution in [2.45, 2.75) is 25.2 Å². The van der Waals surface area contributed by atoms with Crippen molar-refractivity contribution in [3.05, 3.63) is 111 Å². The summed E-state index contributed by atoms with van der Waals surface area (Å²) in [6, 6.07) is 11.9. The molecule has 1 amide bonds. The van der Waals surface area contributed by atoms with E-state index in [0.29, 0.717) is 5.56 Å². The second-order valence-electron chi connectivity index (χ2n) is 8.06. The number of hydrogen-bond donors (Lipinski definition) is 2. The van der Waals surface area contributed by atoms with Crippen LogP contribution in [0.3, 0.4) is 0 Å². The van der Waals surface area contributed by atoms with E-state index in [9.17, 15) is 27.2 Å².